The molecule has 5 heteroatoms. The summed E-state index contributed by atoms with van der Waals surface area (Å²) in [6.45, 7) is 14.9. The van der Waals surface area contributed by atoms with Crippen LogP contribution in [0.5, 0.6) is 0 Å². The summed E-state index contributed by atoms with van der Waals surface area (Å²) in [4.78, 5) is 7.50. The first kappa shape index (κ1) is 12.1. The molecule has 0 atom stereocenters. The van der Waals surface area contributed by atoms with Crippen LogP contribution in [0.1, 0.15) is 27.7 Å². The molecule has 1 aliphatic heterocycles. The van der Waals surface area contributed by atoms with Crippen LogP contribution in [0.25, 0.3) is 4.85 Å². The SMILES string of the molecule is [C-]#[N+]c1cccc(B2OC(C)(C)C(C)(C)O2)n1. The van der Waals surface area contributed by atoms with Crippen LogP contribution in [-0.4, -0.2) is 23.3 Å². The van der Waals surface area contributed by atoms with Crippen molar-refractivity contribution in [3.05, 3.63) is 29.6 Å². The van der Waals surface area contributed by atoms with Crippen LogP contribution < -0.4 is 5.59 Å². The molecule has 0 bridgehead atoms. The molecule has 88 valence electrons. The molecule has 1 aromatic heterocycles. The molecule has 0 aromatic carbocycles. The number of nitrogens with zero attached hydrogens (tertiary/aromatic N) is 2. The van der Waals surface area contributed by atoms with Gasteiger partial charge in [0.15, 0.2) is 5.59 Å². The molecule has 1 aromatic rings. The first-order valence-corrected chi connectivity index (χ1v) is 5.56. The third-order valence-electron chi connectivity index (χ3n) is 3.37. The number of hydrogen-bond donors (Lipinski definition) is 0. The Kier molecular flexibility index (Phi) is 2.72. The molecule has 0 N–H and O–H groups in total. The minimum Gasteiger partial charge on any atom is -0.397 e. The molecular formula is C12H15BN2O2. The third-order valence-corrected chi connectivity index (χ3v) is 3.37. The van der Waals surface area contributed by atoms with E-state index in [1.807, 2.05) is 33.8 Å². The Hall–Kier alpha value is -1.38. The van der Waals surface area contributed by atoms with Crippen molar-refractivity contribution in [2.24, 2.45) is 0 Å². The Labute approximate surface area is 102 Å². The average Bonchev–Trinajstić information content (AvgIpc) is 2.48. The van der Waals surface area contributed by atoms with E-state index in [-0.39, 0.29) is 11.2 Å². The summed E-state index contributed by atoms with van der Waals surface area (Å²) in [5.41, 5.74) is -0.113. The number of pyridine rings is 1. The molecule has 1 saturated heterocycles. The van der Waals surface area contributed by atoms with E-state index in [1.54, 1.807) is 12.1 Å². The highest BCUT2D eigenvalue weighted by Crippen LogP contribution is 2.36. The summed E-state index contributed by atoms with van der Waals surface area (Å²) in [5.74, 6) is 0.359. The van der Waals surface area contributed by atoms with Crippen LogP contribution in [0, 0.1) is 6.57 Å². The van der Waals surface area contributed by atoms with Gasteiger partial charge in [-0.25, -0.2) is 0 Å². The van der Waals surface area contributed by atoms with Gasteiger partial charge in [0.2, 0.25) is 0 Å². The molecule has 2 rings (SSSR count). The van der Waals surface area contributed by atoms with Crippen molar-refractivity contribution in [2.45, 2.75) is 38.9 Å². The van der Waals surface area contributed by atoms with Gasteiger partial charge in [-0.15, -0.1) is 4.98 Å². The van der Waals surface area contributed by atoms with Crippen LogP contribution in [0.15, 0.2) is 18.2 Å². The molecule has 0 saturated carbocycles. The maximum Gasteiger partial charge on any atom is 0.539 e. The quantitative estimate of drug-likeness (QED) is 0.546. The van der Waals surface area contributed by atoms with Gasteiger partial charge in [-0.05, 0) is 39.8 Å². The van der Waals surface area contributed by atoms with Crippen LogP contribution >= 0.6 is 0 Å². The van der Waals surface area contributed by atoms with E-state index in [2.05, 4.69) is 9.83 Å². The van der Waals surface area contributed by atoms with Crippen molar-refractivity contribution in [3.8, 4) is 0 Å². The Bertz CT molecular complexity index is 464. The lowest BCUT2D eigenvalue weighted by Gasteiger charge is -2.32. The predicted molar refractivity (Wildman–Crippen MR) is 66.2 cm³/mol. The van der Waals surface area contributed by atoms with Crippen LogP contribution in [0.3, 0.4) is 0 Å². The maximum absolute atomic E-state index is 6.95. The highest BCUT2D eigenvalue weighted by Gasteiger charge is 2.53. The van der Waals surface area contributed by atoms with E-state index in [0.717, 1.165) is 0 Å². The summed E-state index contributed by atoms with van der Waals surface area (Å²) in [5, 5.41) is 0. The molecule has 1 fully saturated rings. The normalized spacial score (nSPS) is 21.2. The largest absolute Gasteiger partial charge is 0.539 e. The van der Waals surface area contributed by atoms with Crippen molar-refractivity contribution in [3.63, 3.8) is 0 Å². The fourth-order valence-corrected chi connectivity index (χ4v) is 1.60. The smallest absolute Gasteiger partial charge is 0.397 e. The van der Waals surface area contributed by atoms with E-state index >= 15 is 0 Å². The van der Waals surface area contributed by atoms with Crippen molar-refractivity contribution in [1.82, 2.24) is 4.98 Å². The lowest BCUT2D eigenvalue weighted by molar-refractivity contribution is 0.00578. The lowest BCUT2D eigenvalue weighted by Crippen LogP contribution is -2.41. The van der Waals surface area contributed by atoms with Crippen molar-refractivity contribution >= 4 is 18.5 Å². The monoisotopic (exact) mass is 230 g/mol. The number of aromatic nitrogens is 1. The molecule has 0 spiro atoms. The second-order valence-corrected chi connectivity index (χ2v) is 5.12. The second-order valence-electron chi connectivity index (χ2n) is 5.12. The van der Waals surface area contributed by atoms with Gasteiger partial charge in [0, 0.05) is 0 Å². The first-order chi connectivity index (χ1) is 7.86. The van der Waals surface area contributed by atoms with Crippen molar-refractivity contribution in [1.29, 1.82) is 0 Å². The zero-order valence-corrected chi connectivity index (χ0v) is 10.5. The van der Waals surface area contributed by atoms with E-state index < -0.39 is 7.12 Å². The molecule has 17 heavy (non-hydrogen) atoms. The molecule has 0 amide bonds. The van der Waals surface area contributed by atoms with Crippen LogP contribution in [0.2, 0.25) is 0 Å². The van der Waals surface area contributed by atoms with Gasteiger partial charge >= 0.3 is 7.12 Å². The van der Waals surface area contributed by atoms with Crippen molar-refractivity contribution < 1.29 is 9.31 Å². The Morgan fingerprint density at radius 3 is 2.29 bits per heavy atom. The fraction of sp³-hybridized carbons (Fsp3) is 0.500. The third kappa shape index (κ3) is 2.06. The van der Waals surface area contributed by atoms with Gasteiger partial charge in [0.05, 0.1) is 11.2 Å². The van der Waals surface area contributed by atoms with E-state index in [0.29, 0.717) is 11.4 Å². The standard InChI is InChI=1S/C12H15BN2O2/c1-11(2)12(3,4)17-13(16-11)9-7-6-8-10(14-5)15-9/h6-8H,1-4H3. The second kappa shape index (κ2) is 3.83. The molecule has 0 aliphatic carbocycles. The molecule has 4 nitrogen and oxygen atoms in total. The van der Waals surface area contributed by atoms with Gasteiger partial charge in [-0.2, -0.15) is 0 Å². The average molecular weight is 230 g/mol. The predicted octanol–water partition coefficient (Wildman–Crippen LogP) is 1.93. The first-order valence-electron chi connectivity index (χ1n) is 5.56. The molecule has 1 aliphatic rings. The Morgan fingerprint density at radius 2 is 1.76 bits per heavy atom. The zero-order valence-electron chi connectivity index (χ0n) is 10.5. The summed E-state index contributed by atoms with van der Waals surface area (Å²) in [6, 6.07) is 5.28. The highest BCUT2D eigenvalue weighted by molar-refractivity contribution is 6.61. The number of hydrogen-bond acceptors (Lipinski definition) is 3. The van der Waals surface area contributed by atoms with Gasteiger partial charge < -0.3 is 14.2 Å². The van der Waals surface area contributed by atoms with Gasteiger partial charge in [-0.3, -0.25) is 0 Å². The highest BCUT2D eigenvalue weighted by atomic mass is 16.7. The van der Waals surface area contributed by atoms with E-state index in [9.17, 15) is 0 Å². The lowest BCUT2D eigenvalue weighted by atomic mass is 9.84. The summed E-state index contributed by atoms with van der Waals surface area (Å²) < 4.78 is 11.7. The summed E-state index contributed by atoms with van der Waals surface area (Å²) in [7, 11) is -0.498. The van der Waals surface area contributed by atoms with E-state index in [4.69, 9.17) is 15.9 Å². The van der Waals surface area contributed by atoms with Crippen LogP contribution in [-0.2, 0) is 9.31 Å². The van der Waals surface area contributed by atoms with Crippen LogP contribution in [0.4, 0.5) is 5.82 Å². The van der Waals surface area contributed by atoms with Crippen molar-refractivity contribution in [2.75, 3.05) is 0 Å². The minimum absolute atomic E-state index is 0.359. The Morgan fingerprint density at radius 1 is 1.18 bits per heavy atom. The molecule has 0 unspecified atom stereocenters. The van der Waals surface area contributed by atoms with E-state index in [1.165, 1.54) is 0 Å². The Balaban J connectivity index is 2.29. The fourth-order valence-electron chi connectivity index (χ4n) is 1.60. The van der Waals surface area contributed by atoms with Gasteiger partial charge in [0.1, 0.15) is 0 Å². The zero-order chi connectivity index (χ0) is 12.7. The molecular weight excluding hydrogens is 215 g/mol. The van der Waals surface area contributed by atoms with Gasteiger partial charge in [-0.1, -0.05) is 12.6 Å². The molecule has 0 radical (unpaired) electrons. The summed E-state index contributed by atoms with van der Waals surface area (Å²) >= 11 is 0. The van der Waals surface area contributed by atoms with Gasteiger partial charge in [0.25, 0.3) is 5.82 Å². The topological polar surface area (TPSA) is 35.7 Å². The number of rotatable bonds is 1. The maximum atomic E-state index is 6.95. The minimum atomic E-state index is -0.498. The molecule has 2 heterocycles. The summed E-state index contributed by atoms with van der Waals surface area (Å²) in [6.07, 6.45) is 0.